The molecule has 0 radical (unpaired) electrons. The monoisotopic (exact) mass is 321 g/mol. The minimum Gasteiger partial charge on any atom is -0.747 e. The van der Waals surface area contributed by atoms with Gasteiger partial charge in [-0.15, -0.1) is 0 Å². The number of aliphatic carboxylic acids is 1. The van der Waals surface area contributed by atoms with Crippen LogP contribution in [-0.2, 0) is 14.9 Å². The fourth-order valence-electron chi connectivity index (χ4n) is 1.83. The van der Waals surface area contributed by atoms with E-state index >= 15 is 0 Å². The van der Waals surface area contributed by atoms with E-state index in [9.17, 15) is 22.6 Å². The summed E-state index contributed by atoms with van der Waals surface area (Å²) in [6.07, 6.45) is 0. The number of anilines is 1. The van der Waals surface area contributed by atoms with Crippen LogP contribution in [0.3, 0.4) is 0 Å². The summed E-state index contributed by atoms with van der Waals surface area (Å²) in [4.78, 5) is 22.4. The number of hydrogen-bond donors (Lipinski definition) is 2. The zero-order chi connectivity index (χ0) is 15.1. The summed E-state index contributed by atoms with van der Waals surface area (Å²) in [7, 11) is -5.20. The predicted molar refractivity (Wildman–Crippen MR) is 67.0 cm³/mol. The molecule has 1 heterocycles. The molecule has 10 heteroatoms. The molecular weight excluding hydrogens is 313 g/mol. The van der Waals surface area contributed by atoms with Gasteiger partial charge in [-0.3, -0.25) is 4.79 Å². The Bertz CT molecular complexity index is 858. The second-order valence-electron chi connectivity index (χ2n) is 3.99. The normalized spacial score (nSPS) is 12.6. The predicted octanol–water partition coefficient (Wildman–Crippen LogP) is -2.95. The van der Waals surface area contributed by atoms with Crippen LogP contribution in [0.25, 0.3) is 11.0 Å². The molecule has 0 bridgehead atoms. The Morgan fingerprint density at radius 3 is 2.48 bits per heavy atom. The average Bonchev–Trinajstić information content (AvgIpc) is 2.25. The van der Waals surface area contributed by atoms with Gasteiger partial charge < -0.3 is 19.8 Å². The Balaban J connectivity index is 0.00000220. The van der Waals surface area contributed by atoms with Crippen LogP contribution in [0, 0.1) is 0 Å². The number of hydrogen-bond acceptors (Lipinski definition) is 7. The Morgan fingerprint density at radius 2 is 1.95 bits per heavy atom. The molecule has 2 rings (SSSR count). The first kappa shape index (κ1) is 17.7. The molecule has 21 heavy (non-hydrogen) atoms. The van der Waals surface area contributed by atoms with Crippen molar-refractivity contribution < 1.29 is 56.8 Å². The maximum atomic E-state index is 11.4. The Hall–Kier alpha value is -1.39. The van der Waals surface area contributed by atoms with Gasteiger partial charge in [-0.1, -0.05) is 0 Å². The maximum absolute atomic E-state index is 11.4. The molecule has 1 atom stereocenters. The van der Waals surface area contributed by atoms with Gasteiger partial charge in [0.05, 0.1) is 0 Å². The molecule has 106 valence electrons. The SMILES string of the molecule is Nc1ccc2c(C(C(=O)O)S(=O)(=O)[O-])cc(=O)oc2c1.[Na+]. The molecule has 3 N–H and O–H groups in total. The number of rotatable bonds is 3. The molecule has 0 aliphatic carbocycles. The van der Waals surface area contributed by atoms with Crippen LogP contribution >= 0.6 is 0 Å². The largest absolute Gasteiger partial charge is 1.00 e. The fourth-order valence-corrected chi connectivity index (χ4v) is 2.59. The van der Waals surface area contributed by atoms with Crippen molar-refractivity contribution in [2.24, 2.45) is 0 Å². The van der Waals surface area contributed by atoms with E-state index in [1.54, 1.807) is 0 Å². The van der Waals surface area contributed by atoms with Gasteiger partial charge >= 0.3 is 41.2 Å². The van der Waals surface area contributed by atoms with Gasteiger partial charge in [0.2, 0.25) is 0 Å². The first-order valence-electron chi connectivity index (χ1n) is 5.21. The first-order chi connectivity index (χ1) is 9.20. The van der Waals surface area contributed by atoms with Crippen molar-refractivity contribution in [3.05, 3.63) is 40.2 Å². The fraction of sp³-hybridized carbons (Fsp3) is 0.0909. The third-order valence-corrected chi connectivity index (χ3v) is 3.63. The molecule has 0 aliphatic rings. The molecule has 1 aromatic carbocycles. The Labute approximate surface area is 140 Å². The topological polar surface area (TPSA) is 151 Å². The number of carboxylic acid groups (broad SMARTS) is 1. The molecule has 2 aromatic rings. The van der Waals surface area contributed by atoms with E-state index in [1.165, 1.54) is 18.2 Å². The van der Waals surface area contributed by atoms with E-state index in [1.807, 2.05) is 0 Å². The molecule has 0 amide bonds. The number of nitrogens with two attached hydrogens (primary N) is 1. The molecule has 0 aliphatic heterocycles. The average molecular weight is 321 g/mol. The number of fused-ring (bicyclic) bond motifs is 1. The van der Waals surface area contributed by atoms with Crippen molar-refractivity contribution in [2.45, 2.75) is 5.25 Å². The number of benzene rings is 1. The van der Waals surface area contributed by atoms with Crippen molar-refractivity contribution >= 4 is 32.7 Å². The van der Waals surface area contributed by atoms with E-state index in [2.05, 4.69) is 0 Å². The second kappa shape index (κ2) is 6.16. The molecule has 0 saturated heterocycles. The Kier molecular flexibility index (Phi) is 5.18. The summed E-state index contributed by atoms with van der Waals surface area (Å²) in [5.41, 5.74) is 4.20. The van der Waals surface area contributed by atoms with Crippen LogP contribution in [0.4, 0.5) is 5.69 Å². The third-order valence-electron chi connectivity index (χ3n) is 2.60. The number of carbonyl (C=O) groups is 1. The van der Waals surface area contributed by atoms with Crippen LogP contribution in [0.1, 0.15) is 10.8 Å². The van der Waals surface area contributed by atoms with Crippen LogP contribution in [-0.4, -0.2) is 24.0 Å². The zero-order valence-electron chi connectivity index (χ0n) is 10.8. The van der Waals surface area contributed by atoms with Gasteiger partial charge in [0, 0.05) is 23.2 Å². The maximum Gasteiger partial charge on any atom is 1.00 e. The van der Waals surface area contributed by atoms with E-state index in [0.717, 1.165) is 0 Å². The summed E-state index contributed by atoms with van der Waals surface area (Å²) in [6.45, 7) is 0. The van der Waals surface area contributed by atoms with E-state index in [-0.39, 0.29) is 46.2 Å². The van der Waals surface area contributed by atoms with Crippen molar-refractivity contribution in [1.82, 2.24) is 0 Å². The standard InChI is InChI=1S/C11H9NO7S.Na/c12-5-1-2-6-7(4-9(13)19-8(6)3-5)10(11(14)15)20(16,17)18;/h1-4,10H,12H2,(H,14,15)(H,16,17,18);/q;+1/p-1. The van der Waals surface area contributed by atoms with Gasteiger partial charge in [0.25, 0.3) is 0 Å². The molecule has 0 spiro atoms. The van der Waals surface area contributed by atoms with Crippen LogP contribution in [0.15, 0.2) is 33.5 Å². The van der Waals surface area contributed by atoms with Crippen LogP contribution in [0.5, 0.6) is 0 Å². The molecule has 0 fully saturated rings. The van der Waals surface area contributed by atoms with Gasteiger partial charge in [-0.25, -0.2) is 13.2 Å². The van der Waals surface area contributed by atoms with Gasteiger partial charge in [-0.05, 0) is 17.7 Å². The molecule has 1 aromatic heterocycles. The molecule has 0 saturated carbocycles. The Morgan fingerprint density at radius 1 is 1.33 bits per heavy atom. The van der Waals surface area contributed by atoms with E-state index in [0.29, 0.717) is 6.07 Å². The van der Waals surface area contributed by atoms with Gasteiger partial charge in [0.15, 0.2) is 5.25 Å². The van der Waals surface area contributed by atoms with Crippen LogP contribution < -0.4 is 40.9 Å². The second-order valence-corrected chi connectivity index (χ2v) is 5.44. The summed E-state index contributed by atoms with van der Waals surface area (Å²) in [5, 5.41) is 6.56. The van der Waals surface area contributed by atoms with Crippen molar-refractivity contribution in [3.63, 3.8) is 0 Å². The van der Waals surface area contributed by atoms with Gasteiger partial charge in [0.1, 0.15) is 15.7 Å². The first-order valence-corrected chi connectivity index (χ1v) is 6.68. The summed E-state index contributed by atoms with van der Waals surface area (Å²) >= 11 is 0. The third kappa shape index (κ3) is 3.63. The van der Waals surface area contributed by atoms with Crippen LogP contribution in [0.2, 0.25) is 0 Å². The quantitative estimate of drug-likeness (QED) is 0.263. The zero-order valence-corrected chi connectivity index (χ0v) is 13.6. The van der Waals surface area contributed by atoms with Crippen molar-refractivity contribution in [1.29, 1.82) is 0 Å². The van der Waals surface area contributed by atoms with Gasteiger partial charge in [-0.2, -0.15) is 0 Å². The number of carboxylic acids is 1. The molecular formula is C11H8NNaO7S. The number of nitrogen functional groups attached to an aromatic ring is 1. The molecule has 8 nitrogen and oxygen atoms in total. The summed E-state index contributed by atoms with van der Waals surface area (Å²) in [6, 6.07) is 4.55. The van der Waals surface area contributed by atoms with E-state index < -0.39 is 32.5 Å². The molecule has 1 unspecified atom stereocenters. The summed E-state index contributed by atoms with van der Waals surface area (Å²) in [5.74, 6) is -1.87. The minimum atomic E-state index is -5.20. The van der Waals surface area contributed by atoms with E-state index in [4.69, 9.17) is 15.3 Å². The van der Waals surface area contributed by atoms with Crippen molar-refractivity contribution in [3.8, 4) is 0 Å². The minimum absolute atomic E-state index is 0. The van der Waals surface area contributed by atoms with Crippen molar-refractivity contribution in [2.75, 3.05) is 5.73 Å². The summed E-state index contributed by atoms with van der Waals surface area (Å²) < 4.78 is 38.1. The smallest absolute Gasteiger partial charge is 0.747 e.